The second-order valence-electron chi connectivity index (χ2n) is 4.56. The molecule has 7 nitrogen and oxygen atoms in total. The van der Waals surface area contributed by atoms with Crippen LogP contribution in [-0.4, -0.2) is 38.0 Å². The molecule has 0 unspecified atom stereocenters. The number of carbonyl (C=O) groups excluding carboxylic acids is 3. The first-order chi connectivity index (χ1) is 11.1. The molecule has 0 saturated carbocycles. The fraction of sp³-hybridized carbons (Fsp3) is 0.188. The Kier molecular flexibility index (Phi) is 5.51. The number of carbonyl (C=O) groups is 3. The molecule has 7 heteroatoms. The molecule has 120 valence electrons. The third-order valence-corrected chi connectivity index (χ3v) is 2.99. The van der Waals surface area contributed by atoms with Crippen LogP contribution in [0.3, 0.4) is 0 Å². The molecule has 1 heterocycles. The Bertz CT molecular complexity index is 694. The van der Waals surface area contributed by atoms with Gasteiger partial charge in [0.05, 0.1) is 18.9 Å². The zero-order valence-electron chi connectivity index (χ0n) is 12.5. The molecule has 0 saturated heterocycles. The Morgan fingerprint density at radius 1 is 1.00 bits per heavy atom. The van der Waals surface area contributed by atoms with Crippen LogP contribution < -0.4 is 10.6 Å². The van der Waals surface area contributed by atoms with Crippen molar-refractivity contribution < 1.29 is 23.5 Å². The van der Waals surface area contributed by atoms with Gasteiger partial charge in [0.15, 0.2) is 5.76 Å². The second-order valence-corrected chi connectivity index (χ2v) is 4.56. The van der Waals surface area contributed by atoms with Gasteiger partial charge in [-0.25, -0.2) is 4.79 Å². The van der Waals surface area contributed by atoms with Gasteiger partial charge in [-0.3, -0.25) is 9.59 Å². The van der Waals surface area contributed by atoms with Gasteiger partial charge in [0.1, 0.15) is 0 Å². The van der Waals surface area contributed by atoms with Crippen LogP contribution in [0, 0.1) is 0 Å². The quantitative estimate of drug-likeness (QED) is 0.617. The summed E-state index contributed by atoms with van der Waals surface area (Å²) in [4.78, 5) is 35.0. The highest BCUT2D eigenvalue weighted by Crippen LogP contribution is 2.06. The van der Waals surface area contributed by atoms with Gasteiger partial charge in [0.25, 0.3) is 11.8 Å². The van der Waals surface area contributed by atoms with Gasteiger partial charge in [-0.05, 0) is 30.3 Å². The van der Waals surface area contributed by atoms with E-state index in [1.165, 1.54) is 19.4 Å². The van der Waals surface area contributed by atoms with E-state index in [9.17, 15) is 14.4 Å². The van der Waals surface area contributed by atoms with E-state index >= 15 is 0 Å². The van der Waals surface area contributed by atoms with E-state index in [-0.39, 0.29) is 30.7 Å². The molecule has 0 aliphatic carbocycles. The number of methoxy groups -OCH3 is 1. The minimum absolute atomic E-state index is 0.210. The highest BCUT2D eigenvalue weighted by atomic mass is 16.5. The van der Waals surface area contributed by atoms with E-state index in [0.29, 0.717) is 11.1 Å². The number of benzene rings is 1. The predicted molar refractivity (Wildman–Crippen MR) is 81.2 cm³/mol. The largest absolute Gasteiger partial charge is 0.465 e. The van der Waals surface area contributed by atoms with Crippen molar-refractivity contribution in [3.05, 3.63) is 59.5 Å². The lowest BCUT2D eigenvalue weighted by Gasteiger charge is -2.07. The molecule has 0 radical (unpaired) electrons. The summed E-state index contributed by atoms with van der Waals surface area (Å²) in [5.41, 5.74) is 0.636. The zero-order chi connectivity index (χ0) is 16.7. The van der Waals surface area contributed by atoms with Gasteiger partial charge >= 0.3 is 5.97 Å². The summed E-state index contributed by atoms with van der Waals surface area (Å²) in [6.45, 7) is 0.496. The summed E-state index contributed by atoms with van der Waals surface area (Å²) in [6.07, 6.45) is 1.41. The summed E-state index contributed by atoms with van der Waals surface area (Å²) < 4.78 is 9.55. The third kappa shape index (κ3) is 4.44. The highest BCUT2D eigenvalue weighted by molar-refractivity contribution is 5.98. The Labute approximate surface area is 132 Å². The molecule has 2 amide bonds. The number of rotatable bonds is 6. The molecule has 2 rings (SSSR count). The summed E-state index contributed by atoms with van der Waals surface area (Å²) in [5, 5.41) is 5.26. The van der Waals surface area contributed by atoms with Crippen LogP contribution in [0.2, 0.25) is 0 Å². The average Bonchev–Trinajstić information content (AvgIpc) is 3.12. The Hall–Kier alpha value is -3.09. The average molecular weight is 316 g/mol. The molecular weight excluding hydrogens is 300 g/mol. The summed E-state index contributed by atoms with van der Waals surface area (Å²) in [7, 11) is 1.27. The molecule has 1 aromatic heterocycles. The minimum atomic E-state index is -0.509. The fourth-order valence-electron chi connectivity index (χ4n) is 1.85. The van der Waals surface area contributed by atoms with Crippen molar-refractivity contribution >= 4 is 17.8 Å². The lowest BCUT2D eigenvalue weighted by Crippen LogP contribution is -2.34. The summed E-state index contributed by atoms with van der Waals surface area (Å²) >= 11 is 0. The molecule has 2 N–H and O–H groups in total. The molecule has 2 aromatic rings. The number of hydrogen-bond acceptors (Lipinski definition) is 5. The van der Waals surface area contributed by atoms with Crippen molar-refractivity contribution in [2.24, 2.45) is 0 Å². The van der Waals surface area contributed by atoms with E-state index in [1.54, 1.807) is 30.3 Å². The summed E-state index contributed by atoms with van der Waals surface area (Å²) in [5.74, 6) is -0.993. The van der Waals surface area contributed by atoms with Crippen LogP contribution in [-0.2, 0) is 4.74 Å². The van der Waals surface area contributed by atoms with Gasteiger partial charge in [0, 0.05) is 18.7 Å². The molecule has 0 aliphatic heterocycles. The molecule has 0 atom stereocenters. The van der Waals surface area contributed by atoms with E-state index in [2.05, 4.69) is 15.4 Å². The van der Waals surface area contributed by atoms with Crippen molar-refractivity contribution in [2.75, 3.05) is 20.2 Å². The summed E-state index contributed by atoms with van der Waals surface area (Å²) in [6, 6.07) is 9.36. The lowest BCUT2D eigenvalue weighted by molar-refractivity contribution is 0.0600. The number of amides is 2. The first-order valence-corrected chi connectivity index (χ1v) is 6.90. The number of furan rings is 1. The van der Waals surface area contributed by atoms with Crippen LogP contribution in [0.15, 0.2) is 47.1 Å². The molecule has 1 aromatic carbocycles. The van der Waals surface area contributed by atoms with Crippen molar-refractivity contribution in [3.8, 4) is 0 Å². The first kappa shape index (κ1) is 16.3. The lowest BCUT2D eigenvalue weighted by atomic mass is 10.1. The fourth-order valence-corrected chi connectivity index (χ4v) is 1.85. The van der Waals surface area contributed by atoms with Crippen LogP contribution in [0.5, 0.6) is 0 Å². The maximum atomic E-state index is 12.0. The molecule has 23 heavy (non-hydrogen) atoms. The number of ether oxygens (including phenoxy) is 1. The standard InChI is InChI=1S/C16H16N2O5/c1-22-16(21)12-5-2-4-11(10-12)14(19)17-7-8-18-15(20)13-6-3-9-23-13/h2-6,9-10H,7-8H2,1H3,(H,17,19)(H,18,20). The maximum absolute atomic E-state index is 12.0. The topological polar surface area (TPSA) is 97.6 Å². The van der Waals surface area contributed by atoms with E-state index in [0.717, 1.165) is 0 Å². The Morgan fingerprint density at radius 2 is 1.70 bits per heavy atom. The van der Waals surface area contributed by atoms with Gasteiger partial charge in [-0.2, -0.15) is 0 Å². The third-order valence-electron chi connectivity index (χ3n) is 2.99. The Morgan fingerprint density at radius 3 is 2.35 bits per heavy atom. The SMILES string of the molecule is COC(=O)c1cccc(C(=O)NCCNC(=O)c2ccco2)c1. The van der Waals surface area contributed by atoms with Crippen molar-refractivity contribution in [1.82, 2.24) is 10.6 Å². The van der Waals surface area contributed by atoms with Crippen LogP contribution in [0.4, 0.5) is 0 Å². The number of esters is 1. The van der Waals surface area contributed by atoms with Crippen molar-refractivity contribution in [2.45, 2.75) is 0 Å². The monoisotopic (exact) mass is 316 g/mol. The predicted octanol–water partition coefficient (Wildman–Crippen LogP) is 1.23. The van der Waals surface area contributed by atoms with Gasteiger partial charge in [-0.1, -0.05) is 6.07 Å². The number of hydrogen-bond donors (Lipinski definition) is 2. The molecule has 0 bridgehead atoms. The highest BCUT2D eigenvalue weighted by Gasteiger charge is 2.11. The normalized spacial score (nSPS) is 9.96. The van der Waals surface area contributed by atoms with Gasteiger partial charge < -0.3 is 19.8 Å². The smallest absolute Gasteiger partial charge is 0.337 e. The first-order valence-electron chi connectivity index (χ1n) is 6.90. The van der Waals surface area contributed by atoms with E-state index in [4.69, 9.17) is 4.42 Å². The second kappa shape index (κ2) is 7.79. The molecule has 0 aliphatic rings. The van der Waals surface area contributed by atoms with Crippen molar-refractivity contribution in [3.63, 3.8) is 0 Å². The van der Waals surface area contributed by atoms with Gasteiger partial charge in [-0.15, -0.1) is 0 Å². The Balaban J connectivity index is 1.81. The van der Waals surface area contributed by atoms with Crippen LogP contribution >= 0.6 is 0 Å². The van der Waals surface area contributed by atoms with Crippen molar-refractivity contribution in [1.29, 1.82) is 0 Å². The molecule has 0 spiro atoms. The number of nitrogens with one attached hydrogen (secondary N) is 2. The molecule has 0 fully saturated rings. The van der Waals surface area contributed by atoms with E-state index < -0.39 is 5.97 Å². The minimum Gasteiger partial charge on any atom is -0.465 e. The molecular formula is C16H16N2O5. The zero-order valence-corrected chi connectivity index (χ0v) is 12.5. The van der Waals surface area contributed by atoms with Gasteiger partial charge in [0.2, 0.25) is 0 Å². The van der Waals surface area contributed by atoms with E-state index in [1.807, 2.05) is 0 Å². The van der Waals surface area contributed by atoms with Crippen LogP contribution in [0.25, 0.3) is 0 Å². The maximum Gasteiger partial charge on any atom is 0.337 e. The van der Waals surface area contributed by atoms with Crippen LogP contribution in [0.1, 0.15) is 31.3 Å².